The van der Waals surface area contributed by atoms with Crippen molar-refractivity contribution in [3.05, 3.63) is 41.2 Å². The predicted octanol–water partition coefficient (Wildman–Crippen LogP) is 3.09. The second kappa shape index (κ2) is 4.68. The van der Waals surface area contributed by atoms with Crippen LogP contribution in [0, 0.1) is 0 Å². The smallest absolute Gasteiger partial charge is 0.226 e. The van der Waals surface area contributed by atoms with Gasteiger partial charge in [-0.2, -0.15) is 0 Å². The second-order valence-electron chi connectivity index (χ2n) is 3.66. The van der Waals surface area contributed by atoms with E-state index in [0.717, 1.165) is 5.56 Å². The van der Waals surface area contributed by atoms with Crippen LogP contribution < -0.4 is 0 Å². The number of hydrogen-bond acceptors (Lipinski definition) is 3. The van der Waals surface area contributed by atoms with Crippen LogP contribution in [0.1, 0.15) is 18.6 Å². The summed E-state index contributed by atoms with van der Waals surface area (Å²) in [6, 6.07) is 7.31. The molecule has 0 aliphatic heterocycles. The van der Waals surface area contributed by atoms with Gasteiger partial charge in [0.25, 0.3) is 0 Å². The summed E-state index contributed by atoms with van der Waals surface area (Å²) in [5, 5.41) is 9.65. The minimum atomic E-state index is -0.0413. The molecule has 1 atom stereocenters. The minimum Gasteiger partial charge on any atom is -0.441 e. The molecule has 2 rings (SSSR count). The van der Waals surface area contributed by atoms with E-state index in [9.17, 15) is 0 Å². The number of nitrogens with zero attached hydrogens (tertiary/aromatic N) is 1. The highest BCUT2D eigenvalue weighted by atomic mass is 35.5. The molecular formula is C12H12ClNO2. The molecule has 1 heterocycles. The summed E-state index contributed by atoms with van der Waals surface area (Å²) in [5.41, 5.74) is 0.837. The Morgan fingerprint density at radius 2 is 2.31 bits per heavy atom. The summed E-state index contributed by atoms with van der Waals surface area (Å²) in [5.74, 6) is 1.16. The Morgan fingerprint density at radius 3 is 3.00 bits per heavy atom. The summed E-state index contributed by atoms with van der Waals surface area (Å²) in [6.07, 6.45) is 1.64. The molecule has 0 spiro atoms. The van der Waals surface area contributed by atoms with Gasteiger partial charge in [-0.05, 0) is 18.2 Å². The van der Waals surface area contributed by atoms with E-state index >= 15 is 0 Å². The zero-order valence-corrected chi connectivity index (χ0v) is 9.61. The molecule has 0 aliphatic carbocycles. The van der Waals surface area contributed by atoms with Gasteiger partial charge in [0.2, 0.25) is 5.89 Å². The van der Waals surface area contributed by atoms with E-state index in [4.69, 9.17) is 21.1 Å². The first kappa shape index (κ1) is 11.2. The van der Waals surface area contributed by atoms with Crippen molar-refractivity contribution in [3.63, 3.8) is 0 Å². The zero-order valence-electron chi connectivity index (χ0n) is 8.85. The van der Waals surface area contributed by atoms with Crippen LogP contribution in [-0.4, -0.2) is 16.7 Å². The lowest BCUT2D eigenvalue weighted by Crippen LogP contribution is -1.96. The van der Waals surface area contributed by atoms with E-state index < -0.39 is 0 Å². The summed E-state index contributed by atoms with van der Waals surface area (Å²) in [7, 11) is 0. The SMILES string of the molecule is CC(CO)c1cnc(-c2cccc(Cl)c2)o1. The fourth-order valence-electron chi connectivity index (χ4n) is 1.36. The molecule has 2 aromatic rings. The highest BCUT2D eigenvalue weighted by Crippen LogP contribution is 2.25. The van der Waals surface area contributed by atoms with Crippen LogP contribution in [0.4, 0.5) is 0 Å². The van der Waals surface area contributed by atoms with Gasteiger partial charge < -0.3 is 9.52 Å². The molecule has 0 radical (unpaired) electrons. The Morgan fingerprint density at radius 1 is 1.50 bits per heavy atom. The molecule has 1 unspecified atom stereocenters. The van der Waals surface area contributed by atoms with E-state index in [2.05, 4.69) is 4.98 Å². The third-order valence-corrected chi connectivity index (χ3v) is 2.59. The first-order valence-electron chi connectivity index (χ1n) is 5.03. The molecular weight excluding hydrogens is 226 g/mol. The molecule has 1 aromatic heterocycles. The fraction of sp³-hybridized carbons (Fsp3) is 0.250. The van der Waals surface area contributed by atoms with E-state index in [1.165, 1.54) is 0 Å². The van der Waals surface area contributed by atoms with Crippen molar-refractivity contribution < 1.29 is 9.52 Å². The third kappa shape index (κ3) is 2.26. The lowest BCUT2D eigenvalue weighted by molar-refractivity contribution is 0.258. The van der Waals surface area contributed by atoms with Crippen molar-refractivity contribution in [2.45, 2.75) is 12.8 Å². The molecule has 0 amide bonds. The number of hydrogen-bond donors (Lipinski definition) is 1. The van der Waals surface area contributed by atoms with E-state index in [-0.39, 0.29) is 12.5 Å². The Balaban J connectivity index is 2.31. The van der Waals surface area contributed by atoms with E-state index in [0.29, 0.717) is 16.7 Å². The van der Waals surface area contributed by atoms with Gasteiger partial charge in [0.05, 0.1) is 12.8 Å². The first-order valence-corrected chi connectivity index (χ1v) is 5.41. The average Bonchev–Trinajstić information content (AvgIpc) is 2.77. The van der Waals surface area contributed by atoms with Crippen molar-refractivity contribution in [1.82, 2.24) is 4.98 Å². The maximum atomic E-state index is 9.00. The van der Waals surface area contributed by atoms with Gasteiger partial charge in [0, 0.05) is 16.5 Å². The van der Waals surface area contributed by atoms with Crippen LogP contribution in [0.2, 0.25) is 5.02 Å². The number of oxazole rings is 1. The van der Waals surface area contributed by atoms with Crippen molar-refractivity contribution in [3.8, 4) is 11.5 Å². The Kier molecular flexibility index (Phi) is 3.27. The molecule has 1 aromatic carbocycles. The van der Waals surface area contributed by atoms with E-state index in [1.54, 1.807) is 18.3 Å². The van der Waals surface area contributed by atoms with Gasteiger partial charge in [0.1, 0.15) is 5.76 Å². The molecule has 4 heteroatoms. The first-order chi connectivity index (χ1) is 7.70. The molecule has 84 valence electrons. The standard InChI is InChI=1S/C12H12ClNO2/c1-8(7-15)11-6-14-12(16-11)9-3-2-4-10(13)5-9/h2-6,8,15H,7H2,1H3. The number of benzene rings is 1. The van der Waals surface area contributed by atoms with Crippen LogP contribution in [0.25, 0.3) is 11.5 Å². The second-order valence-corrected chi connectivity index (χ2v) is 4.10. The van der Waals surface area contributed by atoms with Crippen molar-refractivity contribution in [2.75, 3.05) is 6.61 Å². The zero-order chi connectivity index (χ0) is 11.5. The van der Waals surface area contributed by atoms with Crippen LogP contribution in [0.5, 0.6) is 0 Å². The molecule has 0 saturated carbocycles. The number of rotatable bonds is 3. The highest BCUT2D eigenvalue weighted by Gasteiger charge is 2.11. The van der Waals surface area contributed by atoms with Gasteiger partial charge in [-0.15, -0.1) is 0 Å². The number of aliphatic hydroxyl groups is 1. The average molecular weight is 238 g/mol. The number of aromatic nitrogens is 1. The summed E-state index contributed by atoms with van der Waals surface area (Å²) in [4.78, 5) is 4.16. The predicted molar refractivity (Wildman–Crippen MR) is 62.4 cm³/mol. The molecule has 0 saturated heterocycles. The third-order valence-electron chi connectivity index (χ3n) is 2.35. The maximum absolute atomic E-state index is 9.00. The summed E-state index contributed by atoms with van der Waals surface area (Å²) in [6.45, 7) is 1.92. The lowest BCUT2D eigenvalue weighted by Gasteiger charge is -2.01. The monoisotopic (exact) mass is 237 g/mol. The molecule has 0 aliphatic rings. The quantitative estimate of drug-likeness (QED) is 0.892. The van der Waals surface area contributed by atoms with Crippen LogP contribution in [0.15, 0.2) is 34.9 Å². The summed E-state index contributed by atoms with van der Waals surface area (Å²) >= 11 is 5.88. The van der Waals surface area contributed by atoms with Crippen LogP contribution in [-0.2, 0) is 0 Å². The van der Waals surface area contributed by atoms with Gasteiger partial charge in [-0.3, -0.25) is 0 Å². The number of aliphatic hydroxyl groups excluding tert-OH is 1. The van der Waals surface area contributed by atoms with Gasteiger partial charge >= 0.3 is 0 Å². The van der Waals surface area contributed by atoms with Gasteiger partial charge in [-0.1, -0.05) is 24.6 Å². The van der Waals surface area contributed by atoms with Crippen molar-refractivity contribution in [2.24, 2.45) is 0 Å². The topological polar surface area (TPSA) is 46.3 Å². The Labute approximate surface area is 98.7 Å². The minimum absolute atomic E-state index is 0.0413. The lowest BCUT2D eigenvalue weighted by atomic mass is 10.1. The van der Waals surface area contributed by atoms with Gasteiger partial charge in [0.15, 0.2) is 0 Å². The Bertz CT molecular complexity index is 481. The highest BCUT2D eigenvalue weighted by molar-refractivity contribution is 6.30. The van der Waals surface area contributed by atoms with Crippen LogP contribution >= 0.6 is 11.6 Å². The molecule has 0 bridgehead atoms. The fourth-order valence-corrected chi connectivity index (χ4v) is 1.55. The Hall–Kier alpha value is -1.32. The van der Waals surface area contributed by atoms with Crippen LogP contribution in [0.3, 0.4) is 0 Å². The molecule has 16 heavy (non-hydrogen) atoms. The van der Waals surface area contributed by atoms with Crippen molar-refractivity contribution in [1.29, 1.82) is 0 Å². The molecule has 1 N–H and O–H groups in total. The maximum Gasteiger partial charge on any atom is 0.226 e. The molecule has 0 fully saturated rings. The van der Waals surface area contributed by atoms with E-state index in [1.807, 2.05) is 19.1 Å². The normalized spacial score (nSPS) is 12.7. The van der Waals surface area contributed by atoms with Crippen molar-refractivity contribution >= 4 is 11.6 Å². The molecule has 3 nitrogen and oxygen atoms in total. The number of halogens is 1. The largest absolute Gasteiger partial charge is 0.441 e. The summed E-state index contributed by atoms with van der Waals surface area (Å²) < 4.78 is 5.55. The van der Waals surface area contributed by atoms with Gasteiger partial charge in [-0.25, -0.2) is 4.98 Å².